The van der Waals surface area contributed by atoms with Gasteiger partial charge in [-0.2, -0.15) is 13.2 Å². The molecule has 0 aliphatic carbocycles. The van der Waals surface area contributed by atoms with Crippen molar-refractivity contribution in [3.63, 3.8) is 0 Å². The Hall–Kier alpha value is -4.96. The van der Waals surface area contributed by atoms with Crippen LogP contribution in [-0.4, -0.2) is 97.5 Å². The number of benzene rings is 3. The quantitative estimate of drug-likeness (QED) is 0.0734. The highest BCUT2D eigenvalue weighted by atomic mass is 19.4. The molecule has 56 heavy (non-hydrogen) atoms. The topological polar surface area (TPSA) is 173 Å². The van der Waals surface area contributed by atoms with E-state index in [2.05, 4.69) is 47.9 Å². The molecule has 1 saturated heterocycles. The zero-order valence-corrected chi connectivity index (χ0v) is 31.7. The Morgan fingerprint density at radius 2 is 1.66 bits per heavy atom. The molecule has 0 bridgehead atoms. The number of carbonyl (C=O) groups is 2. The molecule has 0 saturated carbocycles. The number of piperidine rings is 1. The van der Waals surface area contributed by atoms with Crippen molar-refractivity contribution in [3.8, 4) is 16.9 Å². The Balaban J connectivity index is 0.000000908. The van der Waals surface area contributed by atoms with Gasteiger partial charge in [-0.05, 0) is 73.5 Å². The van der Waals surface area contributed by atoms with E-state index in [-0.39, 0.29) is 17.4 Å². The molecular formula is C41H51F3N4O8. The number of aliphatic hydroxyl groups is 1. The van der Waals surface area contributed by atoms with Gasteiger partial charge in [0, 0.05) is 49.6 Å². The van der Waals surface area contributed by atoms with E-state index in [1.165, 1.54) is 12.1 Å². The van der Waals surface area contributed by atoms with Crippen LogP contribution in [0.25, 0.3) is 22.0 Å². The average molecular weight is 785 g/mol. The number of fused-ring (bicyclic) bond motifs is 1. The van der Waals surface area contributed by atoms with Crippen LogP contribution >= 0.6 is 0 Å². The van der Waals surface area contributed by atoms with E-state index in [0.717, 1.165) is 91.4 Å². The number of carbonyl (C=O) groups excluding carboxylic acids is 2. The van der Waals surface area contributed by atoms with Crippen LogP contribution in [0.4, 0.5) is 23.7 Å². The van der Waals surface area contributed by atoms with Crippen LogP contribution in [0.1, 0.15) is 55.8 Å². The van der Waals surface area contributed by atoms with Gasteiger partial charge in [0.2, 0.25) is 5.56 Å². The zero-order valence-electron chi connectivity index (χ0n) is 31.7. The summed E-state index contributed by atoms with van der Waals surface area (Å²) in [6.45, 7) is 4.50. The first kappa shape index (κ1) is 43.8. The number of aliphatic hydroxyl groups excluding tert-OH is 1. The number of carboxylic acid groups (broad SMARTS) is 1. The lowest BCUT2D eigenvalue weighted by Crippen LogP contribution is -2.48. The molecule has 2 heterocycles. The summed E-state index contributed by atoms with van der Waals surface area (Å²) in [5, 5.41) is 36.5. The van der Waals surface area contributed by atoms with Crippen molar-refractivity contribution in [3.05, 3.63) is 94.3 Å². The Bertz CT molecular complexity index is 1930. The van der Waals surface area contributed by atoms with E-state index in [4.69, 9.17) is 19.4 Å². The van der Waals surface area contributed by atoms with E-state index in [1.54, 1.807) is 12.1 Å². The van der Waals surface area contributed by atoms with Gasteiger partial charge in [-0.3, -0.25) is 10.1 Å². The van der Waals surface area contributed by atoms with E-state index >= 15 is 0 Å². The number of unbranched alkanes of at least 4 members (excludes halogenated alkanes) is 2. The molecule has 1 aliphatic rings. The van der Waals surface area contributed by atoms with E-state index in [0.29, 0.717) is 36.2 Å². The molecule has 5 N–H and O–H groups in total. The first-order chi connectivity index (χ1) is 26.6. The van der Waals surface area contributed by atoms with E-state index < -0.39 is 24.3 Å². The highest BCUT2D eigenvalue weighted by molar-refractivity contribution is 5.92. The largest absolute Gasteiger partial charge is 0.542 e. The van der Waals surface area contributed by atoms with E-state index in [9.17, 15) is 33.0 Å². The first-order valence-corrected chi connectivity index (χ1v) is 18.7. The number of likely N-dealkylation sites (tertiary alicyclic amines) is 1. The third-order valence-corrected chi connectivity index (χ3v) is 9.52. The van der Waals surface area contributed by atoms with Gasteiger partial charge in [-0.25, -0.2) is 4.79 Å². The van der Waals surface area contributed by atoms with Crippen LogP contribution in [0.2, 0.25) is 0 Å². The Morgan fingerprint density at radius 3 is 2.36 bits per heavy atom. The van der Waals surface area contributed by atoms with Crippen LogP contribution in [0, 0.1) is 0 Å². The predicted molar refractivity (Wildman–Crippen MR) is 205 cm³/mol. The fourth-order valence-electron chi connectivity index (χ4n) is 6.38. The number of hydrogen-bond acceptors (Lipinski definition) is 9. The number of ether oxygens (including phenoxy) is 2. The molecule has 15 heteroatoms. The number of aromatic amines is 1. The van der Waals surface area contributed by atoms with Gasteiger partial charge >= 0.3 is 12.3 Å². The molecule has 0 radical (unpaired) electrons. The second-order valence-corrected chi connectivity index (χ2v) is 14.4. The third-order valence-electron chi connectivity index (χ3n) is 9.52. The first-order valence-electron chi connectivity index (χ1n) is 18.7. The van der Waals surface area contributed by atoms with Gasteiger partial charge in [-0.15, -0.1) is 0 Å². The minimum absolute atomic E-state index is 0.0183. The minimum atomic E-state index is -5.19. The van der Waals surface area contributed by atoms with Crippen molar-refractivity contribution < 1.29 is 52.0 Å². The summed E-state index contributed by atoms with van der Waals surface area (Å²) < 4.78 is 44.2. The monoisotopic (exact) mass is 784 g/mol. The Labute approximate surface area is 323 Å². The van der Waals surface area contributed by atoms with Gasteiger partial charge in [0.05, 0.1) is 44.5 Å². The lowest BCUT2D eigenvalue weighted by molar-refractivity contribution is -0.896. The predicted octanol–water partition coefficient (Wildman–Crippen LogP) is 5.43. The zero-order chi connectivity index (χ0) is 40.7. The van der Waals surface area contributed by atoms with Crippen LogP contribution in [-0.2, 0) is 20.7 Å². The Kier molecular flexibility index (Phi) is 16.3. The number of rotatable bonds is 16. The van der Waals surface area contributed by atoms with Crippen molar-refractivity contribution >= 4 is 28.7 Å². The number of pyridine rings is 1. The van der Waals surface area contributed by atoms with Crippen LogP contribution in [0.3, 0.4) is 0 Å². The summed E-state index contributed by atoms with van der Waals surface area (Å²) in [7, 11) is 4.43. The summed E-state index contributed by atoms with van der Waals surface area (Å²) in [6.07, 6.45) is -0.0107. The lowest BCUT2D eigenvalue weighted by Gasteiger charge is -2.36. The average Bonchev–Trinajstić information content (AvgIpc) is 3.15. The number of carboxylic acids is 1. The number of aromatic hydroxyl groups is 1. The van der Waals surface area contributed by atoms with Gasteiger partial charge in [0.25, 0.3) is 0 Å². The Morgan fingerprint density at radius 1 is 0.964 bits per heavy atom. The number of aromatic nitrogens is 1. The second kappa shape index (κ2) is 20.8. The molecular weight excluding hydrogens is 733 g/mol. The maximum absolute atomic E-state index is 12.9. The fraction of sp³-hybridized carbons (Fsp3) is 0.439. The molecule has 0 unspecified atom stereocenters. The fourth-order valence-corrected chi connectivity index (χ4v) is 6.38. The number of aliphatic carboxylic acids is 1. The number of H-pyrrole nitrogens is 1. The molecule has 1 aromatic heterocycles. The maximum atomic E-state index is 12.9. The van der Waals surface area contributed by atoms with Crippen molar-refractivity contribution in [1.29, 1.82) is 0 Å². The molecule has 3 aromatic carbocycles. The normalized spacial score (nSPS) is 14.8. The minimum Gasteiger partial charge on any atom is -0.542 e. The smallest absolute Gasteiger partial charge is 0.430 e. The number of phenols is 1. The van der Waals surface area contributed by atoms with Crippen molar-refractivity contribution in [2.45, 2.75) is 63.3 Å². The molecule has 1 fully saturated rings. The van der Waals surface area contributed by atoms with Crippen LogP contribution in [0.15, 0.2) is 77.6 Å². The van der Waals surface area contributed by atoms with Gasteiger partial charge in [0.1, 0.15) is 17.8 Å². The lowest BCUT2D eigenvalue weighted by atomic mass is 10.00. The SMILES string of the molecule is C[N+]1(C)CCC(OC(=O)Nc2cc(CCCOCCCCCNC[C@H](O)c3ccc(O)c4[nH]c(=O)ccc34)ccc2-c2ccccc2)CC1.O=C([O-])C(F)(F)F. The number of amides is 1. The van der Waals surface area contributed by atoms with Crippen molar-refractivity contribution in [2.24, 2.45) is 0 Å². The molecule has 5 rings (SSSR count). The highest BCUT2D eigenvalue weighted by Gasteiger charge is 2.29. The number of anilines is 1. The second-order valence-electron chi connectivity index (χ2n) is 14.4. The number of phenolic OH excluding ortho intramolecular Hbond substituents is 1. The molecule has 1 amide bonds. The van der Waals surface area contributed by atoms with Crippen molar-refractivity contribution in [1.82, 2.24) is 10.3 Å². The number of aryl methyl sites for hydroxylation is 1. The number of hydrogen-bond donors (Lipinski definition) is 5. The number of halogens is 3. The molecule has 1 atom stereocenters. The molecule has 12 nitrogen and oxygen atoms in total. The van der Waals surface area contributed by atoms with Crippen molar-refractivity contribution in [2.75, 3.05) is 58.8 Å². The third kappa shape index (κ3) is 14.0. The highest BCUT2D eigenvalue weighted by Crippen LogP contribution is 2.31. The summed E-state index contributed by atoms with van der Waals surface area (Å²) in [6, 6.07) is 22.5. The summed E-state index contributed by atoms with van der Waals surface area (Å²) in [5.74, 6) is -3.03. The van der Waals surface area contributed by atoms with Gasteiger partial charge in [-0.1, -0.05) is 48.5 Å². The van der Waals surface area contributed by atoms with Crippen LogP contribution < -0.4 is 21.3 Å². The summed E-state index contributed by atoms with van der Waals surface area (Å²) >= 11 is 0. The molecule has 4 aromatic rings. The molecule has 0 spiro atoms. The summed E-state index contributed by atoms with van der Waals surface area (Å²) in [4.78, 5) is 36.0. The van der Waals surface area contributed by atoms with Gasteiger partial charge in [0.15, 0.2) is 0 Å². The number of nitrogens with zero attached hydrogens (tertiary/aromatic N) is 1. The van der Waals surface area contributed by atoms with Crippen LogP contribution in [0.5, 0.6) is 5.75 Å². The number of nitrogens with one attached hydrogen (secondary N) is 3. The van der Waals surface area contributed by atoms with E-state index in [1.807, 2.05) is 30.3 Å². The number of quaternary nitrogens is 1. The standard InChI is InChI=1S/C39H50N4O6.C2HF3O2/c1-43(2)22-19-30(20-23-43)49-39(47)41-34-26-28(13-14-31(34)29-11-5-3-6-12-29)10-9-25-48-24-8-4-7-21-40-27-36(45)32-15-17-35(44)38-33(32)16-18-37(46)42-38;3-2(4,5)1(6)7/h3,5-6,11-18,26,30,36,40,45H,4,7-10,19-25,27H2,1-2H3,(H2-,41,42,44,46,47);(H,6,7)/t36-;/m0./s1. The van der Waals surface area contributed by atoms with Gasteiger partial charge < -0.3 is 44.4 Å². The molecule has 1 aliphatic heterocycles. The molecule has 304 valence electrons. The number of alkyl halides is 3. The maximum Gasteiger partial charge on any atom is 0.430 e. The summed E-state index contributed by atoms with van der Waals surface area (Å²) in [5.41, 5.74) is 4.60.